The molecule has 0 fully saturated rings. The van der Waals surface area contributed by atoms with Crippen LogP contribution in [0.2, 0.25) is 0 Å². The van der Waals surface area contributed by atoms with Gasteiger partial charge in [0.1, 0.15) is 0 Å². The molecule has 0 saturated carbocycles. The molecule has 9 heteroatoms. The summed E-state index contributed by atoms with van der Waals surface area (Å²) < 4.78 is 1.89. The minimum atomic E-state index is -0.442. The van der Waals surface area contributed by atoms with E-state index in [0.717, 1.165) is 10.4 Å². The summed E-state index contributed by atoms with van der Waals surface area (Å²) in [7, 11) is 0. The highest BCUT2D eigenvalue weighted by atomic mass is 32.1. The van der Waals surface area contributed by atoms with E-state index in [0.29, 0.717) is 10.6 Å². The van der Waals surface area contributed by atoms with Crippen molar-refractivity contribution < 1.29 is 4.92 Å². The number of benzene rings is 1. The Morgan fingerprint density at radius 2 is 2.14 bits per heavy atom. The quantitative estimate of drug-likeness (QED) is 0.343. The van der Waals surface area contributed by atoms with Crippen LogP contribution in [0.25, 0.3) is 10.7 Å². The number of nitrogens with zero attached hydrogens (tertiary/aromatic N) is 4. The van der Waals surface area contributed by atoms with Crippen LogP contribution >= 0.6 is 23.6 Å². The highest BCUT2D eigenvalue weighted by Crippen LogP contribution is 2.22. The number of nitro groups is 1. The zero-order valence-corrected chi connectivity index (χ0v) is 12.7. The first-order valence-electron chi connectivity index (χ1n) is 6.15. The summed E-state index contributed by atoms with van der Waals surface area (Å²) in [6.07, 6.45) is 1.58. The number of hydrogen-bond acceptors (Lipinski definition) is 6. The molecule has 0 bridgehead atoms. The molecule has 0 spiro atoms. The molecule has 1 aromatic carbocycles. The van der Waals surface area contributed by atoms with Gasteiger partial charge in [0, 0.05) is 12.1 Å². The lowest BCUT2D eigenvalue weighted by molar-refractivity contribution is -0.384. The molecule has 110 valence electrons. The summed E-state index contributed by atoms with van der Waals surface area (Å²) in [6, 6.07) is 9.94. The van der Waals surface area contributed by atoms with E-state index in [2.05, 4.69) is 15.3 Å². The molecule has 0 atom stereocenters. The monoisotopic (exact) mass is 331 g/mol. The fourth-order valence-electron chi connectivity index (χ4n) is 1.77. The highest BCUT2D eigenvalue weighted by molar-refractivity contribution is 7.71. The van der Waals surface area contributed by atoms with Gasteiger partial charge in [-0.15, -0.1) is 11.3 Å². The van der Waals surface area contributed by atoms with Gasteiger partial charge in [0.15, 0.2) is 5.82 Å². The standard InChI is InChI=1S/C13H9N5O2S2/c19-18(20)10-5-3-9(4-6-10)8-14-17-12(15-16-13(17)21)11-2-1-7-22-11/h1-8H,(H,16,21)/b14-8-. The molecular formula is C13H9N5O2S2. The van der Waals surface area contributed by atoms with Crippen LogP contribution in [0.1, 0.15) is 5.56 Å². The van der Waals surface area contributed by atoms with E-state index in [4.69, 9.17) is 12.2 Å². The van der Waals surface area contributed by atoms with Gasteiger partial charge in [-0.2, -0.15) is 14.9 Å². The molecule has 0 radical (unpaired) electrons. The number of non-ortho nitro benzene ring substituents is 1. The van der Waals surface area contributed by atoms with Crippen LogP contribution in [0.3, 0.4) is 0 Å². The Hall–Kier alpha value is -2.65. The molecule has 7 nitrogen and oxygen atoms in total. The van der Waals surface area contributed by atoms with Crippen LogP contribution in [0.4, 0.5) is 5.69 Å². The van der Waals surface area contributed by atoms with Gasteiger partial charge in [0.2, 0.25) is 4.77 Å². The zero-order valence-electron chi connectivity index (χ0n) is 11.0. The van der Waals surface area contributed by atoms with Crippen molar-refractivity contribution in [1.82, 2.24) is 14.9 Å². The average Bonchev–Trinajstić information content (AvgIpc) is 3.15. The van der Waals surface area contributed by atoms with Crippen molar-refractivity contribution in [2.75, 3.05) is 0 Å². The molecule has 0 unspecified atom stereocenters. The highest BCUT2D eigenvalue weighted by Gasteiger charge is 2.08. The first kappa shape index (κ1) is 14.3. The summed E-state index contributed by atoms with van der Waals surface area (Å²) in [6.45, 7) is 0. The van der Waals surface area contributed by atoms with Gasteiger partial charge in [-0.1, -0.05) is 6.07 Å². The van der Waals surface area contributed by atoms with E-state index in [1.54, 1.807) is 18.3 Å². The SMILES string of the molecule is O=[N+]([O-])c1ccc(/C=N\n2c(-c3cccs3)n[nH]c2=S)cc1. The van der Waals surface area contributed by atoms with Gasteiger partial charge in [-0.25, -0.2) is 5.10 Å². The van der Waals surface area contributed by atoms with Crippen molar-refractivity contribution in [3.8, 4) is 10.7 Å². The van der Waals surface area contributed by atoms with Crippen LogP contribution in [0.5, 0.6) is 0 Å². The van der Waals surface area contributed by atoms with E-state index in [-0.39, 0.29) is 5.69 Å². The summed E-state index contributed by atoms with van der Waals surface area (Å²) in [5.74, 6) is 0.623. The van der Waals surface area contributed by atoms with Crippen molar-refractivity contribution in [3.63, 3.8) is 0 Å². The van der Waals surface area contributed by atoms with Gasteiger partial charge < -0.3 is 0 Å². The van der Waals surface area contributed by atoms with E-state index < -0.39 is 4.92 Å². The molecule has 0 aliphatic rings. The fraction of sp³-hybridized carbons (Fsp3) is 0. The number of nitrogens with one attached hydrogen (secondary N) is 1. The van der Waals surface area contributed by atoms with Crippen LogP contribution in [-0.2, 0) is 0 Å². The van der Waals surface area contributed by atoms with Crippen LogP contribution < -0.4 is 0 Å². The number of nitro benzene ring substituents is 1. The van der Waals surface area contributed by atoms with Crippen LogP contribution in [0.15, 0.2) is 46.9 Å². The molecule has 0 aliphatic carbocycles. The second-order valence-electron chi connectivity index (χ2n) is 4.23. The minimum absolute atomic E-state index is 0.0383. The Morgan fingerprint density at radius 1 is 1.36 bits per heavy atom. The molecule has 0 amide bonds. The Labute approximate surface area is 133 Å². The van der Waals surface area contributed by atoms with Crippen molar-refractivity contribution >= 4 is 35.5 Å². The fourth-order valence-corrected chi connectivity index (χ4v) is 2.65. The van der Waals surface area contributed by atoms with Crippen LogP contribution in [0, 0.1) is 14.9 Å². The topological polar surface area (TPSA) is 89.1 Å². The van der Waals surface area contributed by atoms with Gasteiger partial charge in [-0.05, 0) is 41.4 Å². The van der Waals surface area contributed by atoms with Crippen LogP contribution in [-0.4, -0.2) is 26.0 Å². The summed E-state index contributed by atoms with van der Waals surface area (Å²) in [4.78, 5) is 11.1. The predicted octanol–water partition coefficient (Wildman–Crippen LogP) is 3.46. The second kappa shape index (κ2) is 6.00. The Morgan fingerprint density at radius 3 is 2.77 bits per heavy atom. The van der Waals surface area contributed by atoms with Gasteiger partial charge in [0.05, 0.1) is 16.0 Å². The summed E-state index contributed by atoms with van der Waals surface area (Å²) in [5, 5.41) is 23.7. The number of aromatic nitrogens is 3. The maximum atomic E-state index is 10.6. The maximum absolute atomic E-state index is 10.6. The lowest BCUT2D eigenvalue weighted by atomic mass is 10.2. The number of thiophene rings is 1. The Kier molecular flexibility index (Phi) is 3.90. The predicted molar refractivity (Wildman–Crippen MR) is 86.8 cm³/mol. The third-order valence-corrected chi connectivity index (χ3v) is 3.95. The van der Waals surface area contributed by atoms with Crippen molar-refractivity contribution in [3.05, 3.63) is 62.2 Å². The molecule has 2 aromatic heterocycles. The van der Waals surface area contributed by atoms with E-state index in [1.165, 1.54) is 28.1 Å². The Bertz CT molecular complexity index is 878. The van der Waals surface area contributed by atoms with E-state index in [9.17, 15) is 10.1 Å². The third-order valence-electron chi connectivity index (χ3n) is 2.82. The van der Waals surface area contributed by atoms with Gasteiger partial charge in [-0.3, -0.25) is 10.1 Å². The molecule has 3 rings (SSSR count). The Balaban J connectivity index is 1.91. The molecule has 2 heterocycles. The van der Waals surface area contributed by atoms with Crippen molar-refractivity contribution in [1.29, 1.82) is 0 Å². The lowest BCUT2D eigenvalue weighted by Crippen LogP contribution is -1.94. The number of hydrogen-bond donors (Lipinski definition) is 1. The van der Waals surface area contributed by atoms with Gasteiger partial charge in [0.25, 0.3) is 5.69 Å². The normalized spacial score (nSPS) is 11.1. The zero-order chi connectivity index (χ0) is 15.5. The van der Waals surface area contributed by atoms with E-state index >= 15 is 0 Å². The average molecular weight is 331 g/mol. The second-order valence-corrected chi connectivity index (χ2v) is 5.57. The van der Waals surface area contributed by atoms with E-state index in [1.807, 2.05) is 17.5 Å². The third kappa shape index (κ3) is 2.85. The number of H-pyrrole nitrogens is 1. The number of rotatable bonds is 4. The first-order valence-corrected chi connectivity index (χ1v) is 7.44. The minimum Gasteiger partial charge on any atom is -0.258 e. The summed E-state index contributed by atoms with van der Waals surface area (Å²) in [5.41, 5.74) is 0.766. The molecule has 3 aromatic rings. The molecule has 22 heavy (non-hydrogen) atoms. The maximum Gasteiger partial charge on any atom is 0.269 e. The number of aromatic amines is 1. The first-order chi connectivity index (χ1) is 10.6. The largest absolute Gasteiger partial charge is 0.269 e. The molecular weight excluding hydrogens is 322 g/mol. The lowest BCUT2D eigenvalue weighted by Gasteiger charge is -1.98. The van der Waals surface area contributed by atoms with Crippen molar-refractivity contribution in [2.24, 2.45) is 5.10 Å². The molecule has 0 saturated heterocycles. The van der Waals surface area contributed by atoms with Gasteiger partial charge >= 0.3 is 0 Å². The smallest absolute Gasteiger partial charge is 0.258 e. The van der Waals surface area contributed by atoms with Crippen molar-refractivity contribution in [2.45, 2.75) is 0 Å². The molecule has 1 N–H and O–H groups in total. The summed E-state index contributed by atoms with van der Waals surface area (Å²) >= 11 is 6.70. The molecule has 0 aliphatic heterocycles.